The molecule has 17 heavy (non-hydrogen) atoms. The molecule has 2 rings (SSSR count). The number of hydrogen-bond acceptors (Lipinski definition) is 4. The van der Waals surface area contributed by atoms with Gasteiger partial charge in [0.25, 0.3) is 0 Å². The van der Waals surface area contributed by atoms with E-state index in [4.69, 9.17) is 0 Å². The minimum Gasteiger partial charge on any atom is -0.298 e. The first-order chi connectivity index (χ1) is 8.35. The van der Waals surface area contributed by atoms with Crippen LogP contribution < -0.4 is 0 Å². The van der Waals surface area contributed by atoms with Crippen LogP contribution in [0.25, 0.3) is 11.4 Å². The van der Waals surface area contributed by atoms with Crippen molar-refractivity contribution in [1.29, 1.82) is 0 Å². The van der Waals surface area contributed by atoms with Gasteiger partial charge in [0.05, 0.1) is 11.8 Å². The lowest BCUT2D eigenvalue weighted by atomic mass is 10.2. The maximum Gasteiger partial charge on any atom is 0.153 e. The van der Waals surface area contributed by atoms with Crippen LogP contribution in [0, 0.1) is 0 Å². The lowest BCUT2D eigenvalue weighted by molar-refractivity contribution is 0.112. The average molecular weight is 230 g/mol. The maximum atomic E-state index is 11.0. The van der Waals surface area contributed by atoms with Crippen LogP contribution in [-0.2, 0) is 6.54 Å². The zero-order valence-corrected chi connectivity index (χ0v) is 9.71. The number of carbonyl (C=O) groups is 1. The van der Waals surface area contributed by atoms with Gasteiger partial charge in [0, 0.05) is 25.1 Å². The fourth-order valence-electron chi connectivity index (χ4n) is 1.58. The molecule has 0 aromatic carbocycles. The van der Waals surface area contributed by atoms with Crippen molar-refractivity contribution in [3.05, 3.63) is 30.4 Å². The Balaban J connectivity index is 2.33. The normalized spacial score (nSPS) is 10.4. The molecule has 0 atom stereocenters. The third-order valence-corrected chi connectivity index (χ3v) is 2.46. The summed E-state index contributed by atoms with van der Waals surface area (Å²) >= 11 is 0. The summed E-state index contributed by atoms with van der Waals surface area (Å²) in [5.74, 6) is 0. The first kappa shape index (κ1) is 11.4. The molecule has 0 aliphatic carbocycles. The van der Waals surface area contributed by atoms with Crippen LogP contribution in [0.4, 0.5) is 0 Å². The predicted molar refractivity (Wildman–Crippen MR) is 63.5 cm³/mol. The van der Waals surface area contributed by atoms with Gasteiger partial charge in [-0.15, -0.1) is 0 Å². The summed E-state index contributed by atoms with van der Waals surface area (Å²) in [4.78, 5) is 19.1. The Labute approximate surface area is 99.5 Å². The number of carbonyl (C=O) groups excluding carboxylic acids is 1. The Morgan fingerprint density at radius 1 is 1.41 bits per heavy atom. The van der Waals surface area contributed by atoms with Crippen molar-refractivity contribution < 1.29 is 4.79 Å². The third kappa shape index (κ3) is 2.55. The van der Waals surface area contributed by atoms with Gasteiger partial charge in [-0.05, 0) is 6.42 Å². The Morgan fingerprint density at radius 3 is 2.94 bits per heavy atom. The highest BCUT2D eigenvalue weighted by atomic mass is 16.1. The van der Waals surface area contributed by atoms with Crippen LogP contribution in [0.3, 0.4) is 0 Å². The maximum absolute atomic E-state index is 11.0. The zero-order chi connectivity index (χ0) is 12.1. The molecule has 0 fully saturated rings. The highest BCUT2D eigenvalue weighted by Gasteiger charge is 2.11. The Morgan fingerprint density at radius 2 is 2.29 bits per heavy atom. The molecule has 88 valence electrons. The number of hydrogen-bond donors (Lipinski definition) is 0. The number of aromatic nitrogens is 4. The molecule has 0 aliphatic heterocycles. The average Bonchev–Trinajstić information content (AvgIpc) is 2.80. The number of rotatable bonds is 5. The van der Waals surface area contributed by atoms with Crippen LogP contribution in [0.2, 0.25) is 0 Å². The monoisotopic (exact) mass is 230 g/mol. The fourth-order valence-corrected chi connectivity index (χ4v) is 1.58. The molecule has 0 N–H and O–H groups in total. The smallest absolute Gasteiger partial charge is 0.153 e. The SMILES string of the molecule is CCCCn1cc(C=O)c(-c2cnccn2)n1. The van der Waals surface area contributed by atoms with Gasteiger partial charge in [-0.2, -0.15) is 5.10 Å². The second-order valence-corrected chi connectivity index (χ2v) is 3.76. The molecule has 2 aromatic rings. The summed E-state index contributed by atoms with van der Waals surface area (Å²) in [5.41, 5.74) is 1.79. The summed E-state index contributed by atoms with van der Waals surface area (Å²) < 4.78 is 1.79. The first-order valence-electron chi connectivity index (χ1n) is 5.64. The van der Waals surface area contributed by atoms with Gasteiger partial charge in [-0.25, -0.2) is 0 Å². The van der Waals surface area contributed by atoms with E-state index in [1.165, 1.54) is 0 Å². The van der Waals surface area contributed by atoms with Crippen molar-refractivity contribution in [2.24, 2.45) is 0 Å². The molecule has 0 unspecified atom stereocenters. The first-order valence-corrected chi connectivity index (χ1v) is 5.64. The van der Waals surface area contributed by atoms with Crippen LogP contribution in [0.5, 0.6) is 0 Å². The van der Waals surface area contributed by atoms with E-state index >= 15 is 0 Å². The van der Waals surface area contributed by atoms with Gasteiger partial charge in [0.1, 0.15) is 11.4 Å². The number of aryl methyl sites for hydroxylation is 1. The van der Waals surface area contributed by atoms with Crippen LogP contribution in [0.1, 0.15) is 30.1 Å². The number of aldehydes is 1. The van der Waals surface area contributed by atoms with E-state index in [1.54, 1.807) is 29.5 Å². The van der Waals surface area contributed by atoms with Gasteiger partial charge in [-0.3, -0.25) is 19.4 Å². The minimum absolute atomic E-state index is 0.557. The highest BCUT2D eigenvalue weighted by Crippen LogP contribution is 2.17. The van der Waals surface area contributed by atoms with E-state index in [2.05, 4.69) is 22.0 Å². The van der Waals surface area contributed by atoms with E-state index < -0.39 is 0 Å². The lowest BCUT2D eigenvalue weighted by Crippen LogP contribution is -1.98. The Bertz CT molecular complexity index is 492. The molecule has 2 heterocycles. The Kier molecular flexibility index (Phi) is 3.59. The second-order valence-electron chi connectivity index (χ2n) is 3.76. The molecule has 0 amide bonds. The number of unbranched alkanes of at least 4 members (excludes halogenated alkanes) is 1. The number of nitrogens with zero attached hydrogens (tertiary/aromatic N) is 4. The molecule has 0 saturated carbocycles. The van der Waals surface area contributed by atoms with Crippen molar-refractivity contribution in [2.45, 2.75) is 26.3 Å². The second kappa shape index (κ2) is 5.34. The molecular formula is C12H14N4O. The van der Waals surface area contributed by atoms with E-state index in [9.17, 15) is 4.79 Å². The van der Waals surface area contributed by atoms with E-state index in [0.717, 1.165) is 25.7 Å². The van der Waals surface area contributed by atoms with Crippen LogP contribution in [0.15, 0.2) is 24.8 Å². The molecule has 2 aromatic heterocycles. The summed E-state index contributed by atoms with van der Waals surface area (Å²) in [7, 11) is 0. The van der Waals surface area contributed by atoms with Crippen molar-refractivity contribution >= 4 is 6.29 Å². The molecule has 0 spiro atoms. The van der Waals surface area contributed by atoms with Gasteiger partial charge in [-0.1, -0.05) is 13.3 Å². The third-order valence-electron chi connectivity index (χ3n) is 2.46. The molecule has 0 radical (unpaired) electrons. The largest absolute Gasteiger partial charge is 0.298 e. The van der Waals surface area contributed by atoms with Crippen LogP contribution >= 0.6 is 0 Å². The van der Waals surface area contributed by atoms with Crippen molar-refractivity contribution in [1.82, 2.24) is 19.7 Å². The van der Waals surface area contributed by atoms with Gasteiger partial charge >= 0.3 is 0 Å². The van der Waals surface area contributed by atoms with Crippen molar-refractivity contribution in [3.63, 3.8) is 0 Å². The van der Waals surface area contributed by atoms with Crippen molar-refractivity contribution in [2.75, 3.05) is 0 Å². The molecule has 5 nitrogen and oxygen atoms in total. The summed E-state index contributed by atoms with van der Waals surface area (Å²) in [6.45, 7) is 2.94. The van der Waals surface area contributed by atoms with E-state index in [0.29, 0.717) is 17.0 Å². The van der Waals surface area contributed by atoms with Gasteiger partial charge in [0.2, 0.25) is 0 Å². The van der Waals surface area contributed by atoms with E-state index in [1.807, 2.05) is 0 Å². The van der Waals surface area contributed by atoms with Crippen LogP contribution in [-0.4, -0.2) is 26.0 Å². The minimum atomic E-state index is 0.557. The molecule has 0 saturated heterocycles. The topological polar surface area (TPSA) is 60.7 Å². The van der Waals surface area contributed by atoms with Gasteiger partial charge < -0.3 is 0 Å². The molecule has 0 bridgehead atoms. The summed E-state index contributed by atoms with van der Waals surface area (Å²) in [6, 6.07) is 0. The Hall–Kier alpha value is -2.04. The molecular weight excluding hydrogens is 216 g/mol. The van der Waals surface area contributed by atoms with E-state index in [-0.39, 0.29) is 0 Å². The van der Waals surface area contributed by atoms with Gasteiger partial charge in [0.15, 0.2) is 6.29 Å². The van der Waals surface area contributed by atoms with Crippen molar-refractivity contribution in [3.8, 4) is 11.4 Å². The fraction of sp³-hybridized carbons (Fsp3) is 0.333. The highest BCUT2D eigenvalue weighted by molar-refractivity contribution is 5.84. The quantitative estimate of drug-likeness (QED) is 0.736. The molecule has 5 heteroatoms. The molecule has 0 aliphatic rings. The zero-order valence-electron chi connectivity index (χ0n) is 9.71. The lowest BCUT2D eigenvalue weighted by Gasteiger charge is -1.98. The standard InChI is InChI=1S/C12H14N4O/c1-2-3-6-16-8-10(9-17)12(15-16)11-7-13-4-5-14-11/h4-5,7-9H,2-3,6H2,1H3. The summed E-state index contributed by atoms with van der Waals surface area (Å²) in [6.07, 6.45) is 9.50. The summed E-state index contributed by atoms with van der Waals surface area (Å²) in [5, 5.41) is 4.37. The predicted octanol–water partition coefficient (Wildman–Crippen LogP) is 1.95.